The fraction of sp³-hybridized carbons (Fsp3) is 0.235. The molecule has 0 radical (unpaired) electrons. The number of nitrogens with zero attached hydrogens (tertiary/aromatic N) is 1. The molecule has 3 aromatic rings. The topological polar surface area (TPSA) is 60.2 Å². The van der Waals surface area contributed by atoms with E-state index in [9.17, 15) is 8.42 Å². The minimum atomic E-state index is -3.72. The molecule has 0 unspecified atom stereocenters. The van der Waals surface area contributed by atoms with Crippen LogP contribution >= 0.6 is 23.1 Å². The van der Waals surface area contributed by atoms with E-state index in [1.807, 2.05) is 38.3 Å². The number of benzene rings is 1. The molecule has 0 N–H and O–H groups in total. The number of oxazole rings is 1. The van der Waals surface area contributed by atoms with Crippen LogP contribution in [0.3, 0.4) is 0 Å². The maximum Gasteiger partial charge on any atom is 0.238 e. The monoisotopic (exact) mass is 379 g/mol. The largest absolute Gasteiger partial charge is 0.428 e. The van der Waals surface area contributed by atoms with E-state index >= 15 is 0 Å². The van der Waals surface area contributed by atoms with E-state index in [4.69, 9.17) is 4.42 Å². The SMILES string of the molecule is Cc1ccc(S(=O)(=O)c2nc(-c3cccs3)oc2SC(C)C)cc1. The Bertz CT molecular complexity index is 924. The first-order valence-electron chi connectivity index (χ1n) is 7.41. The predicted octanol–water partition coefficient (Wildman–Crippen LogP) is 5.04. The zero-order valence-corrected chi connectivity index (χ0v) is 16.0. The molecular formula is C17H17NO3S3. The summed E-state index contributed by atoms with van der Waals surface area (Å²) in [6, 6.07) is 10.5. The normalized spacial score (nSPS) is 12.0. The van der Waals surface area contributed by atoms with Gasteiger partial charge in [-0.05, 0) is 30.5 Å². The molecular weight excluding hydrogens is 362 g/mol. The Labute approximate surface area is 149 Å². The highest BCUT2D eigenvalue weighted by Gasteiger charge is 2.29. The van der Waals surface area contributed by atoms with Gasteiger partial charge in [-0.2, -0.15) is 4.98 Å². The molecule has 0 fully saturated rings. The Balaban J connectivity index is 2.12. The highest BCUT2D eigenvalue weighted by atomic mass is 32.2. The molecule has 2 heterocycles. The van der Waals surface area contributed by atoms with Crippen LogP contribution in [0.4, 0.5) is 0 Å². The number of rotatable bonds is 5. The van der Waals surface area contributed by atoms with E-state index in [1.54, 1.807) is 24.3 Å². The summed E-state index contributed by atoms with van der Waals surface area (Å²) < 4.78 is 31.8. The molecule has 0 amide bonds. The van der Waals surface area contributed by atoms with Crippen LogP contribution in [0, 0.1) is 6.92 Å². The first-order chi connectivity index (χ1) is 11.4. The van der Waals surface area contributed by atoms with Crippen molar-refractivity contribution in [1.82, 2.24) is 4.98 Å². The quantitative estimate of drug-likeness (QED) is 0.581. The third kappa shape index (κ3) is 3.43. The van der Waals surface area contributed by atoms with Gasteiger partial charge in [0.2, 0.25) is 25.8 Å². The molecule has 0 aliphatic rings. The number of aromatic nitrogens is 1. The third-order valence-corrected chi connectivity index (χ3v) is 6.86. The van der Waals surface area contributed by atoms with Crippen LogP contribution in [-0.2, 0) is 9.84 Å². The molecule has 1 aromatic carbocycles. The fourth-order valence-electron chi connectivity index (χ4n) is 2.09. The number of thiophene rings is 1. The first kappa shape index (κ1) is 17.3. The lowest BCUT2D eigenvalue weighted by Crippen LogP contribution is -2.04. The second-order valence-corrected chi connectivity index (χ2v) is 9.93. The molecule has 0 aliphatic carbocycles. The highest BCUT2D eigenvalue weighted by molar-refractivity contribution is 8.00. The summed E-state index contributed by atoms with van der Waals surface area (Å²) in [5.41, 5.74) is 1.00. The lowest BCUT2D eigenvalue weighted by Gasteiger charge is -2.05. The average molecular weight is 380 g/mol. The number of hydrogen-bond donors (Lipinski definition) is 0. The van der Waals surface area contributed by atoms with E-state index in [2.05, 4.69) is 4.98 Å². The molecule has 7 heteroatoms. The molecule has 0 spiro atoms. The average Bonchev–Trinajstić information content (AvgIpc) is 3.16. The minimum Gasteiger partial charge on any atom is -0.428 e. The van der Waals surface area contributed by atoms with Gasteiger partial charge in [-0.25, -0.2) is 8.42 Å². The zero-order chi connectivity index (χ0) is 17.3. The third-order valence-electron chi connectivity index (χ3n) is 3.23. The summed E-state index contributed by atoms with van der Waals surface area (Å²) in [6.45, 7) is 5.89. The second-order valence-electron chi connectivity index (χ2n) is 5.57. The van der Waals surface area contributed by atoms with Crippen molar-refractivity contribution in [2.45, 2.75) is 41.0 Å². The number of thioether (sulfide) groups is 1. The van der Waals surface area contributed by atoms with Gasteiger partial charge in [0.15, 0.2) is 0 Å². The number of sulfone groups is 1. The van der Waals surface area contributed by atoms with Crippen LogP contribution in [-0.4, -0.2) is 18.7 Å². The predicted molar refractivity (Wildman–Crippen MR) is 97.4 cm³/mol. The van der Waals surface area contributed by atoms with Gasteiger partial charge in [0.05, 0.1) is 9.77 Å². The summed E-state index contributed by atoms with van der Waals surface area (Å²) in [5.74, 6) is 0.346. The minimum absolute atomic E-state index is 0.00606. The van der Waals surface area contributed by atoms with Crippen LogP contribution < -0.4 is 0 Å². The van der Waals surface area contributed by atoms with Crippen molar-refractivity contribution < 1.29 is 12.8 Å². The summed E-state index contributed by atoms with van der Waals surface area (Å²) >= 11 is 2.83. The van der Waals surface area contributed by atoms with E-state index in [0.29, 0.717) is 11.0 Å². The molecule has 4 nitrogen and oxygen atoms in total. The first-order valence-corrected chi connectivity index (χ1v) is 10.7. The van der Waals surface area contributed by atoms with Crippen molar-refractivity contribution in [3.8, 4) is 10.8 Å². The van der Waals surface area contributed by atoms with Gasteiger partial charge in [-0.15, -0.1) is 11.3 Å². The maximum absolute atomic E-state index is 13.0. The highest BCUT2D eigenvalue weighted by Crippen LogP contribution is 2.37. The van der Waals surface area contributed by atoms with Gasteiger partial charge in [-0.3, -0.25) is 0 Å². The molecule has 0 atom stereocenters. The van der Waals surface area contributed by atoms with Gasteiger partial charge >= 0.3 is 0 Å². The lowest BCUT2D eigenvalue weighted by atomic mass is 10.2. The van der Waals surface area contributed by atoms with Crippen LogP contribution in [0.25, 0.3) is 10.8 Å². The summed E-state index contributed by atoms with van der Waals surface area (Å²) in [7, 11) is -3.72. The van der Waals surface area contributed by atoms with Crippen molar-refractivity contribution in [3.05, 3.63) is 47.3 Å². The Kier molecular flexibility index (Phi) is 4.85. The van der Waals surface area contributed by atoms with Gasteiger partial charge in [-0.1, -0.05) is 49.4 Å². The Hall–Kier alpha value is -1.57. The molecule has 126 valence electrons. The van der Waals surface area contributed by atoms with E-state index < -0.39 is 9.84 Å². The molecule has 0 saturated carbocycles. The molecule has 3 rings (SSSR count). The summed E-state index contributed by atoms with van der Waals surface area (Å²) in [4.78, 5) is 5.35. The lowest BCUT2D eigenvalue weighted by molar-refractivity contribution is 0.470. The van der Waals surface area contributed by atoms with Crippen LogP contribution in [0.1, 0.15) is 19.4 Å². The van der Waals surface area contributed by atoms with Crippen LogP contribution in [0.2, 0.25) is 0 Å². The molecule has 0 aliphatic heterocycles. The van der Waals surface area contributed by atoms with Crippen molar-refractivity contribution >= 4 is 32.9 Å². The maximum atomic E-state index is 13.0. The van der Waals surface area contributed by atoms with Gasteiger partial charge in [0, 0.05) is 5.25 Å². The van der Waals surface area contributed by atoms with E-state index in [1.165, 1.54) is 23.1 Å². The second kappa shape index (κ2) is 6.74. The number of aryl methyl sites for hydroxylation is 1. The standard InChI is InChI=1S/C17H17NO3S3/c1-11(2)23-17-16(18-15(21-17)14-5-4-10-22-14)24(19,20)13-8-6-12(3)7-9-13/h4-11H,1-3H3. The summed E-state index contributed by atoms with van der Waals surface area (Å²) in [5, 5.41) is 2.42. The molecule has 2 aromatic heterocycles. The molecule has 0 saturated heterocycles. The van der Waals surface area contributed by atoms with Crippen molar-refractivity contribution in [2.24, 2.45) is 0 Å². The smallest absolute Gasteiger partial charge is 0.238 e. The van der Waals surface area contributed by atoms with E-state index in [-0.39, 0.29) is 15.2 Å². The van der Waals surface area contributed by atoms with Gasteiger partial charge in [0.1, 0.15) is 0 Å². The van der Waals surface area contributed by atoms with Crippen molar-refractivity contribution in [2.75, 3.05) is 0 Å². The van der Waals surface area contributed by atoms with Gasteiger partial charge < -0.3 is 4.42 Å². The Morgan fingerprint density at radius 1 is 1.17 bits per heavy atom. The zero-order valence-electron chi connectivity index (χ0n) is 13.5. The van der Waals surface area contributed by atoms with Gasteiger partial charge in [0.25, 0.3) is 0 Å². The number of hydrogen-bond acceptors (Lipinski definition) is 6. The van der Waals surface area contributed by atoms with Crippen molar-refractivity contribution in [1.29, 1.82) is 0 Å². The van der Waals surface area contributed by atoms with Crippen LogP contribution in [0.5, 0.6) is 0 Å². The molecule has 24 heavy (non-hydrogen) atoms. The Morgan fingerprint density at radius 2 is 1.88 bits per heavy atom. The van der Waals surface area contributed by atoms with Crippen LogP contribution in [0.15, 0.2) is 61.2 Å². The summed E-state index contributed by atoms with van der Waals surface area (Å²) in [6.07, 6.45) is 0. The molecule has 0 bridgehead atoms. The Morgan fingerprint density at radius 3 is 2.46 bits per heavy atom. The van der Waals surface area contributed by atoms with E-state index in [0.717, 1.165) is 10.4 Å². The van der Waals surface area contributed by atoms with Crippen molar-refractivity contribution in [3.63, 3.8) is 0 Å². The fourth-order valence-corrected chi connectivity index (χ4v) is 5.09.